The predicted octanol–water partition coefficient (Wildman–Crippen LogP) is 3.70. The summed E-state index contributed by atoms with van der Waals surface area (Å²) in [4.78, 5) is 15.8. The minimum absolute atomic E-state index is 0.00877. The highest BCUT2D eigenvalue weighted by Crippen LogP contribution is 2.17. The topological polar surface area (TPSA) is 41.6 Å². The van der Waals surface area contributed by atoms with Gasteiger partial charge in [0.15, 0.2) is 0 Å². The summed E-state index contributed by atoms with van der Waals surface area (Å²) in [6.45, 7) is 3.21. The molecule has 0 radical (unpaired) electrons. The Morgan fingerprint density at radius 2 is 2.20 bits per heavy atom. The first kappa shape index (κ1) is 18.4. The first-order valence-electron chi connectivity index (χ1n) is 8.57. The highest BCUT2D eigenvalue weighted by Gasteiger charge is 2.21. The highest BCUT2D eigenvalue weighted by molar-refractivity contribution is 7.09. The summed E-state index contributed by atoms with van der Waals surface area (Å²) in [7, 11) is 0. The Morgan fingerprint density at radius 3 is 2.92 bits per heavy atom. The molecule has 1 fully saturated rings. The van der Waals surface area contributed by atoms with E-state index in [-0.39, 0.29) is 12.0 Å². The van der Waals surface area contributed by atoms with E-state index in [0.29, 0.717) is 18.1 Å². The fourth-order valence-corrected chi connectivity index (χ4v) is 3.93. The molecule has 6 heteroatoms. The maximum absolute atomic E-state index is 12.4. The Bertz CT molecular complexity index is 672. The number of hydrogen-bond donors (Lipinski definition) is 1. The summed E-state index contributed by atoms with van der Waals surface area (Å²) in [5.41, 5.74) is 0.932. The molecule has 1 amide bonds. The quantitative estimate of drug-likeness (QED) is 0.761. The molecule has 1 aromatic carbocycles. The average Bonchev–Trinajstić information content (AvgIpc) is 3.28. The molecule has 0 saturated carbocycles. The van der Waals surface area contributed by atoms with Crippen LogP contribution in [0.1, 0.15) is 23.3 Å². The third kappa shape index (κ3) is 5.82. The van der Waals surface area contributed by atoms with Gasteiger partial charge in [-0.1, -0.05) is 35.9 Å². The van der Waals surface area contributed by atoms with E-state index in [2.05, 4.69) is 21.7 Å². The van der Waals surface area contributed by atoms with Gasteiger partial charge in [0.2, 0.25) is 5.91 Å². The van der Waals surface area contributed by atoms with Gasteiger partial charge in [-0.25, -0.2) is 0 Å². The smallest absolute Gasteiger partial charge is 0.234 e. The van der Waals surface area contributed by atoms with Crippen molar-refractivity contribution >= 4 is 28.8 Å². The number of amides is 1. The van der Waals surface area contributed by atoms with Crippen molar-refractivity contribution < 1.29 is 9.53 Å². The molecule has 0 aliphatic carbocycles. The zero-order valence-electron chi connectivity index (χ0n) is 14.1. The lowest BCUT2D eigenvalue weighted by Gasteiger charge is -2.24. The number of nitrogens with one attached hydrogen (secondary N) is 1. The first-order valence-corrected chi connectivity index (χ1v) is 9.83. The van der Waals surface area contributed by atoms with Crippen LogP contribution < -0.4 is 5.32 Å². The van der Waals surface area contributed by atoms with E-state index in [1.165, 1.54) is 4.88 Å². The van der Waals surface area contributed by atoms with Crippen molar-refractivity contribution in [1.82, 2.24) is 10.2 Å². The number of benzene rings is 1. The van der Waals surface area contributed by atoms with Crippen molar-refractivity contribution in [1.29, 1.82) is 0 Å². The molecule has 1 saturated heterocycles. The second kappa shape index (κ2) is 9.34. The molecule has 3 rings (SSSR count). The number of thiophene rings is 1. The van der Waals surface area contributed by atoms with Gasteiger partial charge in [0.05, 0.1) is 12.6 Å². The largest absolute Gasteiger partial charge is 0.377 e. The summed E-state index contributed by atoms with van der Waals surface area (Å²) in [6.07, 6.45) is 2.41. The molecular formula is C19H23ClN2O2S. The van der Waals surface area contributed by atoms with Crippen LogP contribution in [0, 0.1) is 0 Å². The summed E-state index contributed by atoms with van der Waals surface area (Å²) < 4.78 is 5.74. The van der Waals surface area contributed by atoms with E-state index in [0.717, 1.165) is 38.1 Å². The molecule has 1 atom stereocenters. The van der Waals surface area contributed by atoms with E-state index in [1.54, 1.807) is 11.3 Å². The normalized spacial score (nSPS) is 17.1. The van der Waals surface area contributed by atoms with E-state index >= 15 is 0 Å². The number of carbonyl (C=O) groups is 1. The van der Waals surface area contributed by atoms with E-state index in [4.69, 9.17) is 16.3 Å². The number of nitrogens with zero attached hydrogens (tertiary/aromatic N) is 1. The molecule has 0 spiro atoms. The number of ether oxygens (including phenoxy) is 1. The molecule has 1 N–H and O–H groups in total. The van der Waals surface area contributed by atoms with Gasteiger partial charge in [-0.2, -0.15) is 0 Å². The second-order valence-corrected chi connectivity index (χ2v) is 7.69. The molecule has 1 aliphatic rings. The van der Waals surface area contributed by atoms with Crippen molar-refractivity contribution in [3.8, 4) is 0 Å². The molecule has 2 heterocycles. The van der Waals surface area contributed by atoms with Crippen LogP contribution in [0.15, 0.2) is 41.8 Å². The van der Waals surface area contributed by atoms with Crippen molar-refractivity contribution in [2.24, 2.45) is 0 Å². The Labute approximate surface area is 157 Å². The molecule has 0 unspecified atom stereocenters. The maximum atomic E-state index is 12.4. The predicted molar refractivity (Wildman–Crippen MR) is 102 cm³/mol. The van der Waals surface area contributed by atoms with Crippen LogP contribution in [0.2, 0.25) is 5.02 Å². The third-order valence-corrected chi connectivity index (χ3v) is 5.48. The van der Waals surface area contributed by atoms with Crippen LogP contribution in [0.5, 0.6) is 0 Å². The second-order valence-electron chi connectivity index (χ2n) is 6.25. The summed E-state index contributed by atoms with van der Waals surface area (Å²) in [6, 6.07) is 11.7. The molecule has 25 heavy (non-hydrogen) atoms. The Hall–Kier alpha value is -1.40. The van der Waals surface area contributed by atoms with Crippen LogP contribution in [-0.2, 0) is 22.6 Å². The molecule has 1 aliphatic heterocycles. The molecule has 2 aromatic rings. The van der Waals surface area contributed by atoms with Gasteiger partial charge in [-0.05, 0) is 35.9 Å². The van der Waals surface area contributed by atoms with Gasteiger partial charge in [0, 0.05) is 36.1 Å². The van der Waals surface area contributed by atoms with Gasteiger partial charge in [0.1, 0.15) is 0 Å². The zero-order chi connectivity index (χ0) is 17.5. The van der Waals surface area contributed by atoms with Crippen molar-refractivity contribution in [3.05, 3.63) is 57.2 Å². The van der Waals surface area contributed by atoms with Crippen LogP contribution in [-0.4, -0.2) is 36.6 Å². The lowest BCUT2D eigenvalue weighted by molar-refractivity contribution is -0.122. The lowest BCUT2D eigenvalue weighted by atomic mass is 10.2. The Balaban J connectivity index is 1.54. The van der Waals surface area contributed by atoms with E-state index in [1.807, 2.05) is 30.3 Å². The van der Waals surface area contributed by atoms with Crippen LogP contribution in [0.3, 0.4) is 0 Å². The zero-order valence-corrected chi connectivity index (χ0v) is 15.7. The van der Waals surface area contributed by atoms with Gasteiger partial charge in [0.25, 0.3) is 0 Å². The minimum Gasteiger partial charge on any atom is -0.377 e. The van der Waals surface area contributed by atoms with Crippen molar-refractivity contribution in [2.75, 3.05) is 19.7 Å². The van der Waals surface area contributed by atoms with Crippen LogP contribution >= 0.6 is 22.9 Å². The number of rotatable bonds is 8. The number of halogens is 1. The fourth-order valence-electron chi connectivity index (χ4n) is 2.98. The molecule has 4 nitrogen and oxygen atoms in total. The Kier molecular flexibility index (Phi) is 6.87. The monoisotopic (exact) mass is 378 g/mol. The number of hydrogen-bond acceptors (Lipinski definition) is 4. The van der Waals surface area contributed by atoms with Gasteiger partial charge in [-0.3, -0.25) is 9.69 Å². The molecular weight excluding hydrogens is 356 g/mol. The van der Waals surface area contributed by atoms with Gasteiger partial charge < -0.3 is 10.1 Å². The van der Waals surface area contributed by atoms with Crippen molar-refractivity contribution in [2.45, 2.75) is 32.0 Å². The fraction of sp³-hybridized carbons (Fsp3) is 0.421. The van der Waals surface area contributed by atoms with Crippen molar-refractivity contribution in [3.63, 3.8) is 0 Å². The SMILES string of the molecule is O=C(CN(Cc1cccs1)C[C@H]1CCCO1)NCc1ccccc1Cl. The Morgan fingerprint density at radius 1 is 1.32 bits per heavy atom. The third-order valence-electron chi connectivity index (χ3n) is 4.25. The average molecular weight is 379 g/mol. The van der Waals surface area contributed by atoms with E-state index < -0.39 is 0 Å². The summed E-state index contributed by atoms with van der Waals surface area (Å²) in [5, 5.41) is 5.72. The van der Waals surface area contributed by atoms with Gasteiger partial charge in [-0.15, -0.1) is 11.3 Å². The van der Waals surface area contributed by atoms with Gasteiger partial charge >= 0.3 is 0 Å². The molecule has 134 valence electrons. The molecule has 1 aromatic heterocycles. The maximum Gasteiger partial charge on any atom is 0.234 e. The number of carbonyl (C=O) groups excluding carboxylic acids is 1. The summed E-state index contributed by atoms with van der Waals surface area (Å²) >= 11 is 7.86. The highest BCUT2D eigenvalue weighted by atomic mass is 35.5. The first-order chi connectivity index (χ1) is 12.2. The standard InChI is InChI=1S/C19H23ClN2O2S/c20-18-8-2-1-5-15(18)11-21-19(23)14-22(12-16-6-3-9-24-16)13-17-7-4-10-25-17/h1-2,4-5,7-8,10,16H,3,6,9,11-14H2,(H,21,23)/t16-/m1/s1. The lowest BCUT2D eigenvalue weighted by Crippen LogP contribution is -2.40. The van der Waals surface area contributed by atoms with E-state index in [9.17, 15) is 4.79 Å². The molecule has 0 bridgehead atoms. The van der Waals surface area contributed by atoms with Crippen LogP contribution in [0.4, 0.5) is 0 Å². The minimum atomic E-state index is 0.00877. The summed E-state index contributed by atoms with van der Waals surface area (Å²) in [5.74, 6) is 0.00877. The van der Waals surface area contributed by atoms with Crippen LogP contribution in [0.25, 0.3) is 0 Å².